The molecule has 0 bridgehead atoms. The summed E-state index contributed by atoms with van der Waals surface area (Å²) < 4.78 is 4.10. The molecule has 1 unspecified atom stereocenters. The molecular weight excluding hydrogens is 232 g/mol. The molecular formula is C12H22N4S. The van der Waals surface area contributed by atoms with E-state index in [9.17, 15) is 0 Å². The Balaban J connectivity index is 2.09. The summed E-state index contributed by atoms with van der Waals surface area (Å²) in [6.07, 6.45) is 5.14. The minimum atomic E-state index is 0.0387. The lowest BCUT2D eigenvalue weighted by Gasteiger charge is -2.21. The van der Waals surface area contributed by atoms with Crippen molar-refractivity contribution >= 4 is 11.5 Å². The molecule has 1 aromatic rings. The van der Waals surface area contributed by atoms with Crippen LogP contribution in [0.3, 0.4) is 0 Å². The maximum absolute atomic E-state index is 5.68. The van der Waals surface area contributed by atoms with E-state index < -0.39 is 0 Å². The molecule has 1 saturated carbocycles. The van der Waals surface area contributed by atoms with Gasteiger partial charge in [0.1, 0.15) is 0 Å². The first-order valence-electron chi connectivity index (χ1n) is 6.31. The van der Waals surface area contributed by atoms with Gasteiger partial charge in [0, 0.05) is 5.41 Å². The number of nitrogens with two attached hydrogens (primary N) is 1. The first kappa shape index (κ1) is 12.9. The van der Waals surface area contributed by atoms with Crippen LogP contribution in [0.2, 0.25) is 0 Å². The number of hydrazine groups is 1. The van der Waals surface area contributed by atoms with Crippen LogP contribution in [0, 0.1) is 5.92 Å². The Morgan fingerprint density at radius 2 is 2.18 bits per heavy atom. The highest BCUT2D eigenvalue weighted by molar-refractivity contribution is 7.05. The highest BCUT2D eigenvalue weighted by Gasteiger charge is 2.28. The fraction of sp³-hybridized carbons (Fsp3) is 0.833. The van der Waals surface area contributed by atoms with Gasteiger partial charge in [-0.15, -0.1) is 5.10 Å². The summed E-state index contributed by atoms with van der Waals surface area (Å²) in [6, 6.07) is 0.213. The number of hydrogen-bond donors (Lipinski definition) is 2. The topological polar surface area (TPSA) is 63.8 Å². The Hall–Kier alpha value is -0.520. The quantitative estimate of drug-likeness (QED) is 0.626. The Kier molecular flexibility index (Phi) is 3.80. The summed E-state index contributed by atoms with van der Waals surface area (Å²) in [5.74, 6) is 6.62. The summed E-state index contributed by atoms with van der Waals surface area (Å²) in [4.78, 5) is 1.21. The van der Waals surface area contributed by atoms with E-state index >= 15 is 0 Å². The smallest absolute Gasteiger partial charge is 0.0857 e. The van der Waals surface area contributed by atoms with Crippen molar-refractivity contribution < 1.29 is 0 Å². The van der Waals surface area contributed by atoms with E-state index in [1.54, 1.807) is 0 Å². The number of nitrogens with one attached hydrogen (secondary N) is 1. The van der Waals surface area contributed by atoms with Crippen molar-refractivity contribution in [1.29, 1.82) is 0 Å². The van der Waals surface area contributed by atoms with E-state index in [1.807, 2.05) is 0 Å². The number of rotatable bonds is 5. The molecule has 1 heterocycles. The van der Waals surface area contributed by atoms with Gasteiger partial charge < -0.3 is 0 Å². The van der Waals surface area contributed by atoms with Crippen LogP contribution in [0.25, 0.3) is 0 Å². The number of aromatic nitrogens is 2. The lowest BCUT2D eigenvalue weighted by molar-refractivity contribution is 0.470. The fourth-order valence-electron chi connectivity index (χ4n) is 2.04. The second kappa shape index (κ2) is 5.00. The molecule has 3 N–H and O–H groups in total. The van der Waals surface area contributed by atoms with E-state index in [0.717, 1.165) is 18.0 Å². The van der Waals surface area contributed by atoms with Crippen LogP contribution in [-0.4, -0.2) is 9.59 Å². The molecule has 17 heavy (non-hydrogen) atoms. The maximum atomic E-state index is 5.68. The van der Waals surface area contributed by atoms with Crippen molar-refractivity contribution in [2.75, 3.05) is 0 Å². The molecule has 0 spiro atoms. The summed E-state index contributed by atoms with van der Waals surface area (Å²) >= 11 is 1.48. The van der Waals surface area contributed by atoms with E-state index in [1.165, 1.54) is 35.7 Å². The van der Waals surface area contributed by atoms with Crippen molar-refractivity contribution in [3.63, 3.8) is 0 Å². The second-order valence-electron chi connectivity index (χ2n) is 5.98. The largest absolute Gasteiger partial charge is 0.271 e. The lowest BCUT2D eigenvalue weighted by Crippen LogP contribution is -2.29. The van der Waals surface area contributed by atoms with Crippen molar-refractivity contribution in [2.24, 2.45) is 11.8 Å². The third-order valence-corrected chi connectivity index (χ3v) is 4.14. The van der Waals surface area contributed by atoms with Crippen molar-refractivity contribution in [1.82, 2.24) is 15.0 Å². The van der Waals surface area contributed by atoms with Gasteiger partial charge in [-0.3, -0.25) is 11.3 Å². The molecule has 4 nitrogen and oxygen atoms in total. The van der Waals surface area contributed by atoms with Crippen LogP contribution in [0.5, 0.6) is 0 Å². The Morgan fingerprint density at radius 1 is 1.47 bits per heavy atom. The fourth-order valence-corrected chi connectivity index (χ4v) is 3.00. The SMILES string of the molecule is CC(C)(C)c1nnsc1C(CCC1CC1)NN. The zero-order chi connectivity index (χ0) is 12.5. The van der Waals surface area contributed by atoms with E-state index in [0.29, 0.717) is 0 Å². The summed E-state index contributed by atoms with van der Waals surface area (Å²) in [5, 5.41) is 4.27. The number of hydrogen-bond acceptors (Lipinski definition) is 5. The highest BCUT2D eigenvalue weighted by atomic mass is 32.1. The molecule has 1 atom stereocenters. The molecule has 0 aromatic carbocycles. The third kappa shape index (κ3) is 3.24. The van der Waals surface area contributed by atoms with Gasteiger partial charge in [-0.1, -0.05) is 38.1 Å². The predicted molar refractivity (Wildman–Crippen MR) is 70.6 cm³/mol. The highest BCUT2D eigenvalue weighted by Crippen LogP contribution is 2.38. The zero-order valence-corrected chi connectivity index (χ0v) is 11.7. The van der Waals surface area contributed by atoms with E-state index in [4.69, 9.17) is 5.84 Å². The Labute approximate surface area is 107 Å². The normalized spacial score (nSPS) is 18.4. The zero-order valence-electron chi connectivity index (χ0n) is 10.9. The average Bonchev–Trinajstić information content (AvgIpc) is 2.93. The van der Waals surface area contributed by atoms with Gasteiger partial charge in [0.05, 0.1) is 16.6 Å². The van der Waals surface area contributed by atoms with Crippen LogP contribution < -0.4 is 11.3 Å². The molecule has 0 amide bonds. The molecule has 2 rings (SSSR count). The molecule has 5 heteroatoms. The van der Waals surface area contributed by atoms with Crippen LogP contribution in [0.1, 0.15) is 63.1 Å². The van der Waals surface area contributed by atoms with Crippen molar-refractivity contribution in [2.45, 2.75) is 57.9 Å². The van der Waals surface area contributed by atoms with Crippen LogP contribution >= 0.6 is 11.5 Å². The van der Waals surface area contributed by atoms with Gasteiger partial charge in [0.2, 0.25) is 0 Å². The van der Waals surface area contributed by atoms with Crippen LogP contribution in [0.4, 0.5) is 0 Å². The first-order chi connectivity index (χ1) is 8.02. The Bertz CT molecular complexity index is 365. The van der Waals surface area contributed by atoms with Crippen molar-refractivity contribution in [3.05, 3.63) is 10.6 Å². The van der Waals surface area contributed by atoms with Gasteiger partial charge in [-0.2, -0.15) is 0 Å². The molecule has 96 valence electrons. The molecule has 0 saturated heterocycles. The molecule has 0 radical (unpaired) electrons. The van der Waals surface area contributed by atoms with Crippen LogP contribution in [-0.2, 0) is 5.41 Å². The van der Waals surface area contributed by atoms with Crippen LogP contribution in [0.15, 0.2) is 0 Å². The Morgan fingerprint density at radius 3 is 2.71 bits per heavy atom. The summed E-state index contributed by atoms with van der Waals surface area (Å²) in [7, 11) is 0. The molecule has 1 aliphatic rings. The molecule has 1 fully saturated rings. The molecule has 0 aliphatic heterocycles. The first-order valence-corrected chi connectivity index (χ1v) is 7.08. The summed E-state index contributed by atoms with van der Waals surface area (Å²) in [5.41, 5.74) is 4.05. The minimum absolute atomic E-state index is 0.0387. The summed E-state index contributed by atoms with van der Waals surface area (Å²) in [6.45, 7) is 6.51. The van der Waals surface area contributed by atoms with Gasteiger partial charge >= 0.3 is 0 Å². The number of nitrogens with zero attached hydrogens (tertiary/aromatic N) is 2. The minimum Gasteiger partial charge on any atom is -0.271 e. The van der Waals surface area contributed by atoms with Gasteiger partial charge in [0.15, 0.2) is 0 Å². The molecule has 1 aliphatic carbocycles. The second-order valence-corrected chi connectivity index (χ2v) is 6.76. The third-order valence-electron chi connectivity index (χ3n) is 3.30. The van der Waals surface area contributed by atoms with Crippen molar-refractivity contribution in [3.8, 4) is 0 Å². The van der Waals surface area contributed by atoms with E-state index in [2.05, 4.69) is 35.8 Å². The van der Waals surface area contributed by atoms with E-state index in [-0.39, 0.29) is 11.5 Å². The van der Waals surface area contributed by atoms with Gasteiger partial charge in [-0.05, 0) is 30.3 Å². The lowest BCUT2D eigenvalue weighted by atomic mass is 9.89. The average molecular weight is 254 g/mol. The van der Waals surface area contributed by atoms with Gasteiger partial charge in [-0.25, -0.2) is 0 Å². The standard InChI is InChI=1S/C12H22N4S/c1-12(2,3)11-10(17-16-15-11)9(14-13)7-6-8-4-5-8/h8-9,14H,4-7,13H2,1-3H3. The molecule has 1 aromatic heterocycles. The maximum Gasteiger partial charge on any atom is 0.0857 e. The monoisotopic (exact) mass is 254 g/mol. The van der Waals surface area contributed by atoms with Gasteiger partial charge in [0.25, 0.3) is 0 Å². The predicted octanol–water partition coefficient (Wildman–Crippen LogP) is 2.53.